The lowest BCUT2D eigenvalue weighted by Crippen LogP contribution is -2.32. The van der Waals surface area contributed by atoms with E-state index in [0.717, 1.165) is 17.0 Å². The molecule has 1 heterocycles. The van der Waals surface area contributed by atoms with Crippen molar-refractivity contribution in [3.05, 3.63) is 24.0 Å². The first-order valence-electron chi connectivity index (χ1n) is 6.35. The van der Waals surface area contributed by atoms with Crippen molar-refractivity contribution in [1.29, 1.82) is 0 Å². The Morgan fingerprint density at radius 1 is 1.21 bits per heavy atom. The highest BCUT2D eigenvalue weighted by molar-refractivity contribution is 6.22. The van der Waals surface area contributed by atoms with E-state index in [4.69, 9.17) is 5.11 Å². The van der Waals surface area contributed by atoms with Gasteiger partial charge in [-0.2, -0.15) is 0 Å². The Bertz CT molecular complexity index is 548. The first-order chi connectivity index (χ1) is 8.99. The van der Waals surface area contributed by atoms with Gasteiger partial charge < -0.3 is 5.11 Å². The van der Waals surface area contributed by atoms with E-state index in [1.165, 1.54) is 6.07 Å². The number of carbonyl (C=O) groups is 2. The number of hydrogen-bond acceptors (Lipinski definition) is 3. The van der Waals surface area contributed by atoms with Crippen molar-refractivity contribution in [3.8, 4) is 5.75 Å². The number of anilines is 1. The first-order valence-corrected chi connectivity index (χ1v) is 6.35. The van der Waals surface area contributed by atoms with E-state index in [2.05, 4.69) is 0 Å². The lowest BCUT2D eigenvalue weighted by molar-refractivity contribution is -0.123. The summed E-state index contributed by atoms with van der Waals surface area (Å²) >= 11 is 0. The van der Waals surface area contributed by atoms with E-state index >= 15 is 0 Å². The van der Waals surface area contributed by atoms with Crippen LogP contribution in [0.5, 0.6) is 5.75 Å². The van der Waals surface area contributed by atoms with Crippen molar-refractivity contribution in [2.45, 2.75) is 19.8 Å². The Hall–Kier alpha value is -1.91. The summed E-state index contributed by atoms with van der Waals surface area (Å²) in [5, 5.41) is 9.15. The lowest BCUT2D eigenvalue weighted by Gasteiger charge is -2.17. The van der Waals surface area contributed by atoms with Gasteiger partial charge in [-0.15, -0.1) is 0 Å². The van der Waals surface area contributed by atoms with Gasteiger partial charge in [-0.25, -0.2) is 9.29 Å². The monoisotopic (exact) mass is 263 g/mol. The summed E-state index contributed by atoms with van der Waals surface area (Å²) < 4.78 is 13.3. The average molecular weight is 263 g/mol. The van der Waals surface area contributed by atoms with E-state index in [1.807, 2.05) is 6.92 Å². The molecule has 4 nitrogen and oxygen atoms in total. The van der Waals surface area contributed by atoms with Crippen molar-refractivity contribution in [2.24, 2.45) is 17.8 Å². The van der Waals surface area contributed by atoms with E-state index < -0.39 is 11.6 Å². The van der Waals surface area contributed by atoms with E-state index in [0.29, 0.717) is 18.8 Å². The number of carbonyl (C=O) groups excluding carboxylic acids is 2. The SMILES string of the molecule is CC1CC2C(=O)N(c3ccc(O)c(F)c3)C(=O)C2C1. The number of phenolic OH excluding ortho intramolecular Hbond substituents is 1. The summed E-state index contributed by atoms with van der Waals surface area (Å²) in [6.07, 6.45) is 1.43. The fourth-order valence-corrected chi connectivity index (χ4v) is 3.17. The Kier molecular flexibility index (Phi) is 2.59. The largest absolute Gasteiger partial charge is 0.505 e. The van der Waals surface area contributed by atoms with Crippen molar-refractivity contribution in [1.82, 2.24) is 0 Å². The van der Waals surface area contributed by atoms with Crippen LogP contribution in [0.2, 0.25) is 0 Å². The van der Waals surface area contributed by atoms with Crippen LogP contribution in [0.1, 0.15) is 19.8 Å². The van der Waals surface area contributed by atoms with E-state index in [-0.39, 0.29) is 29.3 Å². The number of hydrogen-bond donors (Lipinski definition) is 1. The van der Waals surface area contributed by atoms with Crippen molar-refractivity contribution in [2.75, 3.05) is 4.90 Å². The molecule has 1 saturated heterocycles. The number of benzene rings is 1. The van der Waals surface area contributed by atoms with Crippen LogP contribution in [-0.2, 0) is 9.59 Å². The van der Waals surface area contributed by atoms with Gasteiger partial charge in [-0.3, -0.25) is 9.59 Å². The van der Waals surface area contributed by atoms with Gasteiger partial charge in [0.15, 0.2) is 11.6 Å². The highest BCUT2D eigenvalue weighted by Crippen LogP contribution is 2.44. The van der Waals surface area contributed by atoms with Crippen LogP contribution < -0.4 is 4.90 Å². The number of aromatic hydroxyl groups is 1. The van der Waals surface area contributed by atoms with Crippen molar-refractivity contribution >= 4 is 17.5 Å². The quantitative estimate of drug-likeness (QED) is 0.789. The van der Waals surface area contributed by atoms with Crippen LogP contribution in [0.25, 0.3) is 0 Å². The zero-order valence-corrected chi connectivity index (χ0v) is 10.5. The molecule has 1 N–H and O–H groups in total. The molecule has 1 aromatic rings. The molecular formula is C14H14FNO3. The van der Waals surface area contributed by atoms with Crippen LogP contribution in [0.4, 0.5) is 10.1 Å². The molecule has 3 rings (SSSR count). The van der Waals surface area contributed by atoms with Gasteiger partial charge in [0.2, 0.25) is 11.8 Å². The van der Waals surface area contributed by atoms with Gasteiger partial charge in [0.1, 0.15) is 0 Å². The molecule has 2 unspecified atom stereocenters. The number of imide groups is 1. The molecule has 0 bridgehead atoms. The first kappa shape index (κ1) is 12.1. The summed E-state index contributed by atoms with van der Waals surface area (Å²) in [6.45, 7) is 2.03. The number of amides is 2. The molecule has 1 aliphatic carbocycles. The van der Waals surface area contributed by atoms with Gasteiger partial charge in [0.25, 0.3) is 0 Å². The van der Waals surface area contributed by atoms with Crippen molar-refractivity contribution in [3.63, 3.8) is 0 Å². The van der Waals surface area contributed by atoms with E-state index in [1.54, 1.807) is 0 Å². The molecule has 0 spiro atoms. The smallest absolute Gasteiger partial charge is 0.237 e. The summed E-state index contributed by atoms with van der Waals surface area (Å²) in [5.74, 6) is -1.96. The zero-order chi connectivity index (χ0) is 13.7. The Balaban J connectivity index is 1.96. The van der Waals surface area contributed by atoms with Crippen LogP contribution >= 0.6 is 0 Å². The normalized spacial score (nSPS) is 30.0. The van der Waals surface area contributed by atoms with Gasteiger partial charge >= 0.3 is 0 Å². The highest BCUT2D eigenvalue weighted by atomic mass is 19.1. The van der Waals surface area contributed by atoms with Crippen molar-refractivity contribution < 1.29 is 19.1 Å². The molecular weight excluding hydrogens is 249 g/mol. The molecule has 5 heteroatoms. The predicted molar refractivity (Wildman–Crippen MR) is 65.9 cm³/mol. The Morgan fingerprint density at radius 3 is 2.32 bits per heavy atom. The minimum absolute atomic E-state index is 0.201. The van der Waals surface area contributed by atoms with Crippen LogP contribution in [0, 0.1) is 23.6 Å². The minimum Gasteiger partial charge on any atom is -0.505 e. The van der Waals surface area contributed by atoms with Gasteiger partial charge in [0.05, 0.1) is 17.5 Å². The molecule has 0 aromatic heterocycles. The average Bonchev–Trinajstić information content (AvgIpc) is 2.84. The number of phenols is 1. The molecule has 2 aliphatic rings. The number of nitrogens with zero attached hydrogens (tertiary/aromatic N) is 1. The maximum atomic E-state index is 13.3. The molecule has 0 radical (unpaired) electrons. The molecule has 19 heavy (non-hydrogen) atoms. The van der Waals surface area contributed by atoms with Crippen LogP contribution in [0.15, 0.2) is 18.2 Å². The zero-order valence-electron chi connectivity index (χ0n) is 10.5. The molecule has 2 fully saturated rings. The topological polar surface area (TPSA) is 57.6 Å². The predicted octanol–water partition coefficient (Wildman–Crippen LogP) is 2.07. The van der Waals surface area contributed by atoms with Gasteiger partial charge in [-0.1, -0.05) is 6.92 Å². The standard InChI is InChI=1S/C14H14FNO3/c1-7-4-9-10(5-7)14(19)16(13(9)18)8-2-3-12(17)11(15)6-8/h2-3,6-7,9-10,17H,4-5H2,1H3. The second kappa shape index (κ2) is 4.05. The molecule has 1 saturated carbocycles. The van der Waals surface area contributed by atoms with Crippen LogP contribution in [0.3, 0.4) is 0 Å². The Labute approximate surface area is 109 Å². The maximum Gasteiger partial charge on any atom is 0.237 e. The van der Waals surface area contributed by atoms with Gasteiger partial charge in [0, 0.05) is 6.07 Å². The second-order valence-corrected chi connectivity index (χ2v) is 5.44. The molecule has 2 amide bonds. The number of rotatable bonds is 1. The number of fused-ring (bicyclic) bond motifs is 1. The summed E-state index contributed by atoms with van der Waals surface area (Å²) in [5.41, 5.74) is 0.201. The highest BCUT2D eigenvalue weighted by Gasteiger charge is 2.52. The molecule has 100 valence electrons. The summed E-state index contributed by atoms with van der Waals surface area (Å²) in [7, 11) is 0. The molecule has 1 aliphatic heterocycles. The fourth-order valence-electron chi connectivity index (χ4n) is 3.17. The second-order valence-electron chi connectivity index (χ2n) is 5.44. The summed E-state index contributed by atoms with van der Waals surface area (Å²) in [6, 6.07) is 3.57. The molecule has 1 aromatic carbocycles. The third-order valence-corrected chi connectivity index (χ3v) is 4.06. The minimum atomic E-state index is -0.830. The maximum absolute atomic E-state index is 13.3. The summed E-state index contributed by atoms with van der Waals surface area (Å²) in [4.78, 5) is 25.6. The molecule has 2 atom stereocenters. The van der Waals surface area contributed by atoms with E-state index in [9.17, 15) is 14.0 Å². The number of halogens is 1. The lowest BCUT2D eigenvalue weighted by atomic mass is 10.00. The third kappa shape index (κ3) is 1.72. The Morgan fingerprint density at radius 2 is 1.79 bits per heavy atom. The fraction of sp³-hybridized carbons (Fsp3) is 0.429. The van der Waals surface area contributed by atoms with Crippen LogP contribution in [-0.4, -0.2) is 16.9 Å². The third-order valence-electron chi connectivity index (χ3n) is 4.06. The van der Waals surface area contributed by atoms with Gasteiger partial charge in [-0.05, 0) is 30.9 Å².